The Kier molecular flexibility index (Phi) is 61.1. The Labute approximate surface area is 461 Å². The van der Waals surface area contributed by atoms with Gasteiger partial charge in [0.05, 0.1) is 0 Å². The van der Waals surface area contributed by atoms with Gasteiger partial charge >= 0.3 is 17.9 Å². The van der Waals surface area contributed by atoms with E-state index in [1.165, 1.54) is 250 Å². The maximum Gasteiger partial charge on any atom is 0.306 e. The number of esters is 3. The minimum Gasteiger partial charge on any atom is -0.462 e. The summed E-state index contributed by atoms with van der Waals surface area (Å²) in [7, 11) is 0. The fourth-order valence-corrected chi connectivity index (χ4v) is 9.88. The van der Waals surface area contributed by atoms with Crippen LogP contribution < -0.4 is 0 Å². The number of hydrogen-bond donors (Lipinski definition) is 0. The van der Waals surface area contributed by atoms with Crippen molar-refractivity contribution in [2.45, 2.75) is 367 Å². The summed E-state index contributed by atoms with van der Waals surface area (Å²) in [4.78, 5) is 38.3. The van der Waals surface area contributed by atoms with Crippen molar-refractivity contribution in [3.63, 3.8) is 0 Å². The molecule has 0 aromatic heterocycles. The highest BCUT2D eigenvalue weighted by atomic mass is 16.6. The van der Waals surface area contributed by atoms with E-state index in [2.05, 4.69) is 57.2 Å². The largest absolute Gasteiger partial charge is 0.462 e. The summed E-state index contributed by atoms with van der Waals surface area (Å²) in [5, 5.41) is 0. The van der Waals surface area contributed by atoms with Gasteiger partial charge in [-0.1, -0.05) is 301 Å². The summed E-state index contributed by atoms with van der Waals surface area (Å²) in [5.41, 5.74) is 0. The number of hydrogen-bond acceptors (Lipinski definition) is 6. The number of carbonyl (C=O) groups is 3. The van der Waals surface area contributed by atoms with E-state index in [-0.39, 0.29) is 31.1 Å². The molecule has 0 N–H and O–H groups in total. The monoisotopic (exact) mass is 1040 g/mol. The van der Waals surface area contributed by atoms with Crippen LogP contribution in [0.2, 0.25) is 0 Å². The highest BCUT2D eigenvalue weighted by Gasteiger charge is 2.19. The third-order valence-electron chi connectivity index (χ3n) is 14.9. The van der Waals surface area contributed by atoms with Gasteiger partial charge in [-0.15, -0.1) is 0 Å². The highest BCUT2D eigenvalue weighted by molar-refractivity contribution is 5.71. The quantitative estimate of drug-likeness (QED) is 0.0261. The van der Waals surface area contributed by atoms with Crippen LogP contribution in [0.15, 0.2) is 36.5 Å². The minimum atomic E-state index is -0.776. The van der Waals surface area contributed by atoms with Crippen LogP contribution in [0.5, 0.6) is 0 Å². The molecule has 0 aromatic carbocycles. The molecule has 6 heteroatoms. The van der Waals surface area contributed by atoms with Gasteiger partial charge in [0.1, 0.15) is 13.2 Å². The van der Waals surface area contributed by atoms with Crippen molar-refractivity contribution in [1.82, 2.24) is 0 Å². The number of carbonyl (C=O) groups excluding carboxylic acids is 3. The first kappa shape index (κ1) is 71.6. The second kappa shape index (κ2) is 63.2. The van der Waals surface area contributed by atoms with E-state index in [0.29, 0.717) is 19.3 Å². The zero-order valence-corrected chi connectivity index (χ0v) is 49.9. The molecule has 6 nitrogen and oxygen atoms in total. The molecule has 0 fully saturated rings. The first-order valence-corrected chi connectivity index (χ1v) is 33.0. The third kappa shape index (κ3) is 60.5. The SMILES string of the molecule is CCCCCC/C=C\CCCCCCCC(=O)OCC(COC(=O)CCCCCCCCCCCCCCCCCCCCCCCC)OC(=O)CCCCCCCCCCC/C=C\C/C=C\CCCCCCC. The van der Waals surface area contributed by atoms with Gasteiger partial charge in [-0.3, -0.25) is 14.4 Å². The molecule has 1 unspecified atom stereocenters. The molecule has 0 heterocycles. The van der Waals surface area contributed by atoms with Gasteiger partial charge in [0, 0.05) is 19.3 Å². The lowest BCUT2D eigenvalue weighted by Gasteiger charge is -2.18. The fourth-order valence-electron chi connectivity index (χ4n) is 9.88. The summed E-state index contributed by atoms with van der Waals surface area (Å²) in [6.45, 7) is 6.67. The van der Waals surface area contributed by atoms with Crippen molar-refractivity contribution in [2.75, 3.05) is 13.2 Å². The van der Waals surface area contributed by atoms with Crippen LogP contribution in [0.25, 0.3) is 0 Å². The molecular weight excluding hydrogens is 913 g/mol. The minimum absolute atomic E-state index is 0.0721. The Balaban J connectivity index is 4.28. The molecular formula is C68H126O6. The van der Waals surface area contributed by atoms with Gasteiger partial charge in [-0.25, -0.2) is 0 Å². The smallest absolute Gasteiger partial charge is 0.306 e. The lowest BCUT2D eigenvalue weighted by molar-refractivity contribution is -0.167. The fraction of sp³-hybridized carbons (Fsp3) is 0.868. The van der Waals surface area contributed by atoms with E-state index in [9.17, 15) is 14.4 Å². The van der Waals surface area contributed by atoms with Crippen LogP contribution in [-0.4, -0.2) is 37.2 Å². The molecule has 434 valence electrons. The molecule has 74 heavy (non-hydrogen) atoms. The summed E-state index contributed by atoms with van der Waals surface area (Å²) in [5.74, 6) is -0.861. The Morgan fingerprint density at radius 3 is 0.770 bits per heavy atom. The van der Waals surface area contributed by atoms with Crippen LogP contribution in [0.1, 0.15) is 361 Å². The van der Waals surface area contributed by atoms with Gasteiger partial charge in [0.25, 0.3) is 0 Å². The Hall–Kier alpha value is -2.37. The van der Waals surface area contributed by atoms with Crippen LogP contribution in [-0.2, 0) is 28.6 Å². The molecule has 0 aliphatic carbocycles. The average molecular weight is 1040 g/mol. The predicted octanol–water partition coefficient (Wildman–Crippen LogP) is 22.4. The van der Waals surface area contributed by atoms with Crippen LogP contribution in [0.3, 0.4) is 0 Å². The van der Waals surface area contributed by atoms with Crippen LogP contribution in [0, 0.1) is 0 Å². The molecule has 0 radical (unpaired) electrons. The number of rotatable bonds is 61. The molecule has 0 aliphatic rings. The highest BCUT2D eigenvalue weighted by Crippen LogP contribution is 2.18. The van der Waals surface area contributed by atoms with Crippen LogP contribution in [0.4, 0.5) is 0 Å². The molecule has 0 saturated carbocycles. The number of unbranched alkanes of at least 4 members (excludes halogenated alkanes) is 44. The molecule has 0 amide bonds. The third-order valence-corrected chi connectivity index (χ3v) is 14.9. The van der Waals surface area contributed by atoms with Crippen molar-refractivity contribution in [3.8, 4) is 0 Å². The lowest BCUT2D eigenvalue weighted by atomic mass is 10.0. The van der Waals surface area contributed by atoms with E-state index < -0.39 is 6.10 Å². The van der Waals surface area contributed by atoms with E-state index in [1.54, 1.807) is 0 Å². The molecule has 0 saturated heterocycles. The molecule has 0 aliphatic heterocycles. The lowest BCUT2D eigenvalue weighted by Crippen LogP contribution is -2.30. The topological polar surface area (TPSA) is 78.9 Å². The first-order chi connectivity index (χ1) is 36.5. The predicted molar refractivity (Wildman–Crippen MR) is 321 cm³/mol. The zero-order valence-electron chi connectivity index (χ0n) is 49.9. The number of allylic oxidation sites excluding steroid dienone is 6. The summed E-state index contributed by atoms with van der Waals surface area (Å²) in [6, 6.07) is 0. The Bertz CT molecular complexity index is 1240. The van der Waals surface area contributed by atoms with Gasteiger partial charge in [0.2, 0.25) is 0 Å². The van der Waals surface area contributed by atoms with E-state index in [0.717, 1.165) is 70.6 Å². The summed E-state index contributed by atoms with van der Waals surface area (Å²) >= 11 is 0. The van der Waals surface area contributed by atoms with Crippen molar-refractivity contribution in [2.24, 2.45) is 0 Å². The second-order valence-electron chi connectivity index (χ2n) is 22.4. The van der Waals surface area contributed by atoms with Gasteiger partial charge < -0.3 is 14.2 Å². The molecule has 0 aromatic rings. The van der Waals surface area contributed by atoms with Crippen LogP contribution >= 0.6 is 0 Å². The standard InChI is InChI=1S/C68H126O6/c1-4-7-10-13-16-19-22-25-27-29-31-33-35-36-38-40-43-46-49-52-55-58-61-67(70)73-64-65(63-72-66(69)60-57-54-51-48-45-42-24-21-18-15-12-9-6-3)74-68(71)62-59-56-53-50-47-44-41-39-37-34-32-30-28-26-23-20-17-14-11-8-5-2/h21,23-24,26,30,32,65H,4-20,22,25,27-29,31,33-64H2,1-3H3/b24-21-,26-23-,32-30-. The maximum atomic E-state index is 12.9. The molecule has 1 atom stereocenters. The molecule has 0 bridgehead atoms. The zero-order chi connectivity index (χ0) is 53.6. The Morgan fingerprint density at radius 2 is 0.486 bits per heavy atom. The Morgan fingerprint density at radius 1 is 0.270 bits per heavy atom. The van der Waals surface area contributed by atoms with Crippen molar-refractivity contribution < 1.29 is 28.6 Å². The van der Waals surface area contributed by atoms with Gasteiger partial charge in [-0.05, 0) is 77.0 Å². The van der Waals surface area contributed by atoms with E-state index in [1.807, 2.05) is 0 Å². The van der Waals surface area contributed by atoms with Crippen molar-refractivity contribution in [3.05, 3.63) is 36.5 Å². The van der Waals surface area contributed by atoms with Crippen molar-refractivity contribution >= 4 is 17.9 Å². The average Bonchev–Trinajstić information content (AvgIpc) is 3.40. The molecule has 0 rings (SSSR count). The van der Waals surface area contributed by atoms with E-state index >= 15 is 0 Å². The van der Waals surface area contributed by atoms with Gasteiger partial charge in [-0.2, -0.15) is 0 Å². The normalized spacial score (nSPS) is 12.2. The number of ether oxygens (including phenoxy) is 3. The molecule has 0 spiro atoms. The van der Waals surface area contributed by atoms with Crippen molar-refractivity contribution in [1.29, 1.82) is 0 Å². The summed E-state index contributed by atoms with van der Waals surface area (Å²) in [6.07, 6.45) is 77.3. The second-order valence-corrected chi connectivity index (χ2v) is 22.4. The summed E-state index contributed by atoms with van der Waals surface area (Å²) < 4.78 is 16.9. The first-order valence-electron chi connectivity index (χ1n) is 33.0. The van der Waals surface area contributed by atoms with E-state index in [4.69, 9.17) is 14.2 Å². The van der Waals surface area contributed by atoms with Gasteiger partial charge in [0.15, 0.2) is 6.10 Å². The maximum absolute atomic E-state index is 12.9.